The number of hydrogen-bond acceptors (Lipinski definition) is 3. The van der Waals surface area contributed by atoms with Crippen LogP contribution in [0, 0.1) is 0 Å². The van der Waals surface area contributed by atoms with Gasteiger partial charge in [-0.25, -0.2) is 4.79 Å². The van der Waals surface area contributed by atoms with Crippen molar-refractivity contribution in [2.45, 2.75) is 6.54 Å². The standard InChI is InChI=1S/C12H13NO3/c14-12(15)5-6-13-7-8-16-11-4-2-1-3-10(11)9-13/h1-6H,7-9H2,(H,14,15). The second kappa shape index (κ2) is 4.70. The maximum absolute atomic E-state index is 10.4. The molecule has 4 heteroatoms. The summed E-state index contributed by atoms with van der Waals surface area (Å²) in [6, 6.07) is 7.80. The maximum Gasteiger partial charge on any atom is 0.329 e. The lowest BCUT2D eigenvalue weighted by Gasteiger charge is -2.15. The first kappa shape index (κ1) is 10.5. The van der Waals surface area contributed by atoms with Crippen LogP contribution in [0.5, 0.6) is 5.75 Å². The number of carboxylic acid groups (broad SMARTS) is 1. The number of hydrogen-bond donors (Lipinski definition) is 1. The molecule has 0 radical (unpaired) electrons. The number of rotatable bonds is 2. The van der Waals surface area contributed by atoms with Crippen LogP contribution in [0.1, 0.15) is 5.56 Å². The first-order valence-electron chi connectivity index (χ1n) is 5.11. The van der Waals surface area contributed by atoms with Gasteiger partial charge in [-0.1, -0.05) is 18.2 Å². The van der Waals surface area contributed by atoms with Gasteiger partial charge in [0.2, 0.25) is 0 Å². The largest absolute Gasteiger partial charge is 0.491 e. The zero-order chi connectivity index (χ0) is 11.4. The third kappa shape index (κ3) is 2.53. The van der Waals surface area contributed by atoms with Crippen molar-refractivity contribution >= 4 is 5.97 Å². The van der Waals surface area contributed by atoms with Crippen LogP contribution in [0.3, 0.4) is 0 Å². The monoisotopic (exact) mass is 219 g/mol. The van der Waals surface area contributed by atoms with Gasteiger partial charge in [-0.05, 0) is 6.07 Å². The fourth-order valence-electron chi connectivity index (χ4n) is 1.64. The van der Waals surface area contributed by atoms with Crippen molar-refractivity contribution < 1.29 is 14.6 Å². The van der Waals surface area contributed by atoms with Gasteiger partial charge >= 0.3 is 5.97 Å². The summed E-state index contributed by atoms with van der Waals surface area (Å²) in [6.07, 6.45) is 2.74. The number of carboxylic acids is 1. The highest BCUT2D eigenvalue weighted by molar-refractivity contribution is 5.79. The molecule has 0 aromatic heterocycles. The molecular weight excluding hydrogens is 206 g/mol. The van der Waals surface area contributed by atoms with E-state index in [9.17, 15) is 4.79 Å². The van der Waals surface area contributed by atoms with Gasteiger partial charge in [0.25, 0.3) is 0 Å². The second-order valence-electron chi connectivity index (χ2n) is 3.58. The summed E-state index contributed by atoms with van der Waals surface area (Å²) >= 11 is 0. The van der Waals surface area contributed by atoms with Crippen LogP contribution in [-0.4, -0.2) is 29.1 Å². The topological polar surface area (TPSA) is 49.8 Å². The molecule has 0 fully saturated rings. The molecule has 0 amide bonds. The molecule has 0 spiro atoms. The molecule has 1 N–H and O–H groups in total. The highest BCUT2D eigenvalue weighted by atomic mass is 16.5. The molecule has 0 saturated heterocycles. The molecule has 0 aliphatic carbocycles. The zero-order valence-corrected chi connectivity index (χ0v) is 8.80. The number of para-hydroxylation sites is 1. The van der Waals surface area contributed by atoms with Crippen LogP contribution in [0.4, 0.5) is 0 Å². The van der Waals surface area contributed by atoms with Gasteiger partial charge in [0.15, 0.2) is 0 Å². The smallest absolute Gasteiger partial charge is 0.329 e. The van der Waals surface area contributed by atoms with E-state index in [2.05, 4.69) is 0 Å². The molecule has 1 heterocycles. The normalized spacial score (nSPS) is 15.4. The maximum atomic E-state index is 10.4. The van der Waals surface area contributed by atoms with Crippen LogP contribution < -0.4 is 4.74 Å². The Labute approximate surface area is 93.8 Å². The molecule has 84 valence electrons. The summed E-state index contributed by atoms with van der Waals surface area (Å²) in [7, 11) is 0. The summed E-state index contributed by atoms with van der Waals surface area (Å²) in [5.74, 6) is -0.0489. The average molecular weight is 219 g/mol. The first-order chi connectivity index (χ1) is 7.75. The number of fused-ring (bicyclic) bond motifs is 1. The third-order valence-electron chi connectivity index (χ3n) is 2.41. The van der Waals surface area contributed by atoms with Crippen molar-refractivity contribution in [3.05, 3.63) is 42.1 Å². The van der Waals surface area contributed by atoms with Gasteiger partial charge in [0.1, 0.15) is 12.4 Å². The Morgan fingerprint density at radius 3 is 3.06 bits per heavy atom. The third-order valence-corrected chi connectivity index (χ3v) is 2.41. The highest BCUT2D eigenvalue weighted by Crippen LogP contribution is 2.22. The van der Waals surface area contributed by atoms with E-state index in [1.165, 1.54) is 0 Å². The minimum atomic E-state index is -0.932. The zero-order valence-electron chi connectivity index (χ0n) is 8.80. The van der Waals surface area contributed by atoms with Crippen LogP contribution in [0.2, 0.25) is 0 Å². The van der Waals surface area contributed by atoms with E-state index in [1.54, 1.807) is 6.20 Å². The number of carbonyl (C=O) groups is 1. The van der Waals surface area contributed by atoms with Gasteiger partial charge in [-0.15, -0.1) is 0 Å². The van der Waals surface area contributed by atoms with Crippen molar-refractivity contribution in [2.24, 2.45) is 0 Å². The summed E-state index contributed by atoms with van der Waals surface area (Å²) < 4.78 is 5.56. The lowest BCUT2D eigenvalue weighted by Crippen LogP contribution is -2.20. The van der Waals surface area contributed by atoms with E-state index in [1.807, 2.05) is 29.2 Å². The number of aliphatic carboxylic acids is 1. The van der Waals surface area contributed by atoms with E-state index in [0.717, 1.165) is 17.4 Å². The van der Waals surface area contributed by atoms with E-state index in [4.69, 9.17) is 9.84 Å². The molecular formula is C12H13NO3. The summed E-state index contributed by atoms with van der Waals surface area (Å²) in [5, 5.41) is 8.56. The molecule has 0 saturated carbocycles. The SMILES string of the molecule is O=C(O)C=CN1CCOc2ccccc2C1. The number of nitrogens with zero attached hydrogens (tertiary/aromatic N) is 1. The Balaban J connectivity index is 2.13. The Kier molecular flexibility index (Phi) is 3.10. The predicted octanol–water partition coefficient (Wildman–Crippen LogP) is 1.48. The molecule has 0 unspecified atom stereocenters. The number of benzene rings is 1. The summed E-state index contributed by atoms with van der Waals surface area (Å²) in [6.45, 7) is 1.94. The summed E-state index contributed by atoms with van der Waals surface area (Å²) in [4.78, 5) is 12.4. The Morgan fingerprint density at radius 2 is 2.25 bits per heavy atom. The first-order valence-corrected chi connectivity index (χ1v) is 5.11. The fourth-order valence-corrected chi connectivity index (χ4v) is 1.64. The summed E-state index contributed by atoms with van der Waals surface area (Å²) in [5.41, 5.74) is 1.08. The van der Waals surface area contributed by atoms with Gasteiger partial charge in [0, 0.05) is 24.4 Å². The van der Waals surface area contributed by atoms with Crippen molar-refractivity contribution in [1.82, 2.24) is 4.90 Å². The minimum Gasteiger partial charge on any atom is -0.491 e. The predicted molar refractivity (Wildman–Crippen MR) is 59.1 cm³/mol. The quantitative estimate of drug-likeness (QED) is 0.765. The van der Waals surface area contributed by atoms with Crippen molar-refractivity contribution in [3.63, 3.8) is 0 Å². The van der Waals surface area contributed by atoms with Crippen molar-refractivity contribution in [3.8, 4) is 5.75 Å². The van der Waals surface area contributed by atoms with E-state index < -0.39 is 5.97 Å². The van der Waals surface area contributed by atoms with Crippen LogP contribution in [0.15, 0.2) is 36.5 Å². The van der Waals surface area contributed by atoms with Crippen LogP contribution in [-0.2, 0) is 11.3 Å². The minimum absolute atomic E-state index is 0.570. The van der Waals surface area contributed by atoms with E-state index in [0.29, 0.717) is 19.7 Å². The van der Waals surface area contributed by atoms with Crippen LogP contribution >= 0.6 is 0 Å². The molecule has 1 aromatic rings. The number of ether oxygens (including phenoxy) is 1. The fraction of sp³-hybridized carbons (Fsp3) is 0.250. The molecule has 1 aliphatic rings. The molecule has 1 aliphatic heterocycles. The molecule has 2 rings (SSSR count). The van der Waals surface area contributed by atoms with Gasteiger partial charge in [-0.3, -0.25) is 0 Å². The lowest BCUT2D eigenvalue weighted by molar-refractivity contribution is -0.131. The lowest BCUT2D eigenvalue weighted by atomic mass is 10.2. The van der Waals surface area contributed by atoms with Crippen molar-refractivity contribution in [1.29, 1.82) is 0 Å². The molecule has 16 heavy (non-hydrogen) atoms. The van der Waals surface area contributed by atoms with Gasteiger partial charge in [-0.2, -0.15) is 0 Å². The van der Waals surface area contributed by atoms with Crippen molar-refractivity contribution in [2.75, 3.05) is 13.2 Å². The molecule has 1 aromatic carbocycles. The van der Waals surface area contributed by atoms with E-state index in [-0.39, 0.29) is 0 Å². The highest BCUT2D eigenvalue weighted by Gasteiger charge is 2.11. The Bertz CT molecular complexity index is 414. The van der Waals surface area contributed by atoms with E-state index >= 15 is 0 Å². The Morgan fingerprint density at radius 1 is 1.44 bits per heavy atom. The van der Waals surface area contributed by atoms with Gasteiger partial charge < -0.3 is 14.7 Å². The Hall–Kier alpha value is -1.97. The van der Waals surface area contributed by atoms with Gasteiger partial charge in [0.05, 0.1) is 6.54 Å². The van der Waals surface area contributed by atoms with Crippen LogP contribution in [0.25, 0.3) is 0 Å². The molecule has 4 nitrogen and oxygen atoms in total. The average Bonchev–Trinajstić information content (AvgIpc) is 2.47. The second-order valence-corrected chi connectivity index (χ2v) is 3.58. The molecule has 0 atom stereocenters. The molecule has 0 bridgehead atoms.